The van der Waals surface area contributed by atoms with E-state index in [1.54, 1.807) is 37.3 Å². The van der Waals surface area contributed by atoms with Crippen LogP contribution in [0.25, 0.3) is 0 Å². The molecule has 102 heavy (non-hydrogen) atoms. The fourth-order valence-electron chi connectivity index (χ4n) is 12.0. The van der Waals surface area contributed by atoms with Crippen molar-refractivity contribution >= 4 is 76.7 Å². The summed E-state index contributed by atoms with van der Waals surface area (Å²) in [4.78, 5) is 176. The molecule has 0 bridgehead atoms. The molecule has 2 aromatic rings. The van der Waals surface area contributed by atoms with Gasteiger partial charge >= 0.3 is 5.97 Å². The Labute approximate surface area is 626 Å². The molecule has 0 aliphatic carbocycles. The van der Waals surface area contributed by atoms with E-state index in [0.717, 1.165) is 0 Å². The average Bonchev–Trinajstić information content (AvgIpc) is 0.848. The normalized spacial score (nSPS) is 17.2. The first-order valence-corrected chi connectivity index (χ1v) is 34.8. The Morgan fingerprint density at radius 2 is 1.11 bits per heavy atom. The summed E-state index contributed by atoms with van der Waals surface area (Å²) in [7, 11) is 0. The van der Waals surface area contributed by atoms with Gasteiger partial charge in [-0.1, -0.05) is 64.4 Å². The monoisotopic (exact) mass is 1580 g/mol. The van der Waals surface area contributed by atoms with E-state index in [9.17, 15) is 87.9 Å². The van der Waals surface area contributed by atoms with E-state index in [1.807, 2.05) is 20.8 Å². The molecule has 34 nitrogen and oxygen atoms in total. The molecule has 574 valence electrons. The number of carboxylic acids is 5. The number of aliphatic carboxylic acids is 5. The summed E-state index contributed by atoms with van der Waals surface area (Å²) in [5.41, 5.74) is 10.7. The molecule has 35 heteroatoms. The number of rotatable bonds is 47. The summed E-state index contributed by atoms with van der Waals surface area (Å²) in [6, 6.07) is 0.547. The van der Waals surface area contributed by atoms with Crippen molar-refractivity contribution in [3.63, 3.8) is 0 Å². The summed E-state index contributed by atoms with van der Waals surface area (Å²) in [6.07, 6.45) is 3.44. The quantitative estimate of drug-likeness (QED) is 0.0217. The molecule has 0 aromatic heterocycles. The summed E-state index contributed by atoms with van der Waals surface area (Å²) in [5.74, 6) is -11.4. The number of carboxylic acid groups (broad SMARTS) is 5. The van der Waals surface area contributed by atoms with Crippen molar-refractivity contribution < 1.29 is 128 Å². The molecule has 2 aromatic carbocycles. The van der Waals surface area contributed by atoms with E-state index in [2.05, 4.69) is 37.2 Å². The van der Waals surface area contributed by atoms with Crippen LogP contribution in [-0.4, -0.2) is 268 Å². The van der Waals surface area contributed by atoms with Crippen LogP contribution in [0.1, 0.15) is 110 Å². The largest absolute Gasteiger partial charge is 0.549 e. The zero-order valence-corrected chi connectivity index (χ0v) is 61.1. The van der Waals surface area contributed by atoms with Crippen molar-refractivity contribution in [3.8, 4) is 0 Å². The third-order valence-electron chi connectivity index (χ3n) is 17.7. The van der Waals surface area contributed by atoms with Crippen LogP contribution < -0.4 is 80.0 Å². The maximum atomic E-state index is 14.4. The van der Waals surface area contributed by atoms with E-state index in [-0.39, 0.29) is 201 Å². The first kappa shape index (κ1) is 89.3. The van der Waals surface area contributed by atoms with Crippen LogP contribution in [0.4, 0.5) is 11.4 Å². The maximum absolute atomic E-state index is 14.4. The molecule has 0 saturated carbocycles. The molecular weight excluding hydrogens is 1480 g/mol. The second kappa shape index (κ2) is 48.2. The minimum atomic E-state index is -1.46. The third kappa shape index (κ3) is 32.0. The number of benzene rings is 1. The van der Waals surface area contributed by atoms with Gasteiger partial charge in [-0.3, -0.25) is 58.0 Å². The molecule has 8 atom stereocenters. The van der Waals surface area contributed by atoms with Gasteiger partial charge in [-0.2, -0.15) is 0 Å². The molecule has 12 N–H and O–H groups in total. The number of nitrogens with two attached hydrogens (primary N) is 2. The average molecular weight is 1580 g/mol. The SMILES string of the molecule is CC[C@H](C)[C@H](NC(=O)[C@H](CC(C)C)NC(=O)COCCOCCNc1c(NCCCC(C(=O)[O-])N2CCN(CC(=O)[O-])CCN(CC(=O)[O-])CCN(CC(=O)[O-])CC2)c(=O)c1=O)C(=O)N[C@@H](CCCCN)C(=O)N[C@@H](CCCCN)C(=O)N1CCC[C@H]1C(=O)N[C@@H](Cc1ccccc1)C(=O)O.[Gd]. The fourth-order valence-corrected chi connectivity index (χ4v) is 12.0. The van der Waals surface area contributed by atoms with Crippen molar-refractivity contribution in [1.82, 2.24) is 51.1 Å². The molecule has 1 unspecified atom stereocenters. The van der Waals surface area contributed by atoms with Crippen molar-refractivity contribution in [1.29, 1.82) is 0 Å². The Morgan fingerprint density at radius 3 is 1.63 bits per heavy atom. The van der Waals surface area contributed by atoms with Gasteiger partial charge in [0.05, 0.1) is 43.7 Å². The number of carbonyl (C=O) groups excluding carboxylic acids is 10. The second-order valence-electron chi connectivity index (χ2n) is 26.0. The van der Waals surface area contributed by atoms with Crippen molar-refractivity contribution in [2.45, 2.75) is 153 Å². The summed E-state index contributed by atoms with van der Waals surface area (Å²) in [5, 5.41) is 76.7. The van der Waals surface area contributed by atoms with Crippen LogP contribution in [0.5, 0.6) is 0 Å². The zero-order valence-electron chi connectivity index (χ0n) is 58.9. The summed E-state index contributed by atoms with van der Waals surface area (Å²) >= 11 is 0. The second-order valence-corrected chi connectivity index (χ2v) is 26.0. The predicted octanol–water partition coefficient (Wildman–Crippen LogP) is -7.40. The Morgan fingerprint density at radius 1 is 0.588 bits per heavy atom. The van der Waals surface area contributed by atoms with E-state index >= 15 is 0 Å². The van der Waals surface area contributed by atoms with Gasteiger partial charge in [-0.25, -0.2) is 4.79 Å². The zero-order chi connectivity index (χ0) is 74.6. The minimum Gasteiger partial charge on any atom is -0.549 e. The molecular formula is C67H104GdN14O20-4. The van der Waals surface area contributed by atoms with E-state index in [1.165, 1.54) is 24.5 Å². The molecule has 2 heterocycles. The van der Waals surface area contributed by atoms with E-state index in [4.69, 9.17) is 20.9 Å². The number of anilines is 2. The molecule has 2 aliphatic heterocycles. The van der Waals surface area contributed by atoms with Gasteiger partial charge in [-0.15, -0.1) is 0 Å². The van der Waals surface area contributed by atoms with Crippen molar-refractivity contribution in [3.05, 3.63) is 56.3 Å². The van der Waals surface area contributed by atoms with Gasteiger partial charge < -0.3 is 108 Å². The van der Waals surface area contributed by atoms with Crippen LogP contribution in [0.3, 0.4) is 0 Å². The van der Waals surface area contributed by atoms with Crippen LogP contribution >= 0.6 is 0 Å². The number of nitrogens with one attached hydrogen (secondary N) is 7. The number of carbonyl (C=O) groups is 11. The van der Waals surface area contributed by atoms with Gasteiger partial charge in [0.1, 0.15) is 54.2 Å². The van der Waals surface area contributed by atoms with Crippen LogP contribution in [0, 0.1) is 51.8 Å². The summed E-state index contributed by atoms with van der Waals surface area (Å²) < 4.78 is 11.1. The molecule has 2 fully saturated rings. The first-order chi connectivity index (χ1) is 48.2. The standard InChI is InChI=1S/C67H108N14O20.Gd/c1-5-44(4)56(64(94)73-46(17-9-11-21-68)61(91)74-47(18-10-12-22-69)65(95)81-25-14-20-50(81)63(93)75-49(66(96)97)38-45-15-7-6-8-16-45)76-62(92)48(37-43(2)3)72-52(82)42-101-36-35-100-34-24-71-58-57(59(89)60(58)90)70-23-13-19-51(67(98)99)80-32-30-78(40-54(85)86)28-26-77(39-53(83)84)27-29-79(31-33-80)41-55(87)88;/h6-8,15-16,43-44,46-51,56,70-71H,5,9-14,17-42,68-69H2,1-4H3,(H,72,82)(H,73,94)(H,74,91)(H,75,93)(H,76,92)(H,83,84)(H,85,86)(H,87,88)(H,96,97)(H,98,99);/p-4/t44-,46-,47-,48-,49-,50-,51?,56-;/m0./s1. The molecule has 2 saturated heterocycles. The fraction of sp³-hybridized carbons (Fsp3) is 0.687. The Hall–Kier alpha value is -6.93. The predicted molar refractivity (Wildman–Crippen MR) is 361 cm³/mol. The molecule has 2 aliphatic rings. The number of amides is 6. The number of nitrogens with zero attached hydrogens (tertiary/aromatic N) is 5. The molecule has 0 radical (unpaired) electrons. The smallest absolute Gasteiger partial charge is 0.326 e. The van der Waals surface area contributed by atoms with Gasteiger partial charge in [0.25, 0.3) is 10.9 Å². The minimum absolute atomic E-state index is 0. The molecule has 4 rings (SSSR count). The van der Waals surface area contributed by atoms with Crippen LogP contribution in [0.2, 0.25) is 0 Å². The maximum Gasteiger partial charge on any atom is 0.326 e. The number of likely N-dealkylation sites (tertiary alicyclic amines) is 1. The van der Waals surface area contributed by atoms with Crippen molar-refractivity contribution in [2.24, 2.45) is 23.3 Å². The Bertz CT molecular complexity index is 3040. The topological polar surface area (TPSA) is 505 Å². The molecule has 0 spiro atoms. The Kier molecular flexibility index (Phi) is 42.2. The first-order valence-electron chi connectivity index (χ1n) is 34.8. The van der Waals surface area contributed by atoms with E-state index < -0.39 is 151 Å². The van der Waals surface area contributed by atoms with Crippen LogP contribution in [-0.2, 0) is 68.6 Å². The number of ether oxygens (including phenoxy) is 2. The van der Waals surface area contributed by atoms with E-state index in [0.29, 0.717) is 50.6 Å². The van der Waals surface area contributed by atoms with Gasteiger partial charge in [-0.05, 0) is 101 Å². The number of unbranched alkanes of at least 4 members (excludes halogenated alkanes) is 2. The van der Waals surface area contributed by atoms with Crippen molar-refractivity contribution in [2.75, 3.05) is 142 Å². The molecule has 6 amide bonds. The van der Waals surface area contributed by atoms with Gasteiger partial charge in [0.2, 0.25) is 35.4 Å². The third-order valence-corrected chi connectivity index (χ3v) is 17.7. The van der Waals surface area contributed by atoms with Gasteiger partial charge in [0.15, 0.2) is 0 Å². The van der Waals surface area contributed by atoms with Crippen LogP contribution in [0.15, 0.2) is 39.9 Å². The van der Waals surface area contributed by atoms with Gasteiger partial charge in [0, 0.05) is 144 Å². The number of hydrogen-bond acceptors (Lipinski definition) is 27. The Balaban J connectivity index is 0.0000270. The number of hydrogen-bond donors (Lipinski definition) is 10. The summed E-state index contributed by atoms with van der Waals surface area (Å²) in [6.45, 7) is 6.22.